The van der Waals surface area contributed by atoms with E-state index >= 15 is 0 Å². The van der Waals surface area contributed by atoms with Crippen LogP contribution in [0.25, 0.3) is 5.65 Å². The van der Waals surface area contributed by atoms with Gasteiger partial charge in [0.1, 0.15) is 5.65 Å². The minimum Gasteiger partial charge on any atom is -0.344 e. The first-order chi connectivity index (χ1) is 9.30. The van der Waals surface area contributed by atoms with Crippen molar-refractivity contribution in [2.24, 2.45) is 5.41 Å². The van der Waals surface area contributed by atoms with Crippen LogP contribution < -0.4 is 0 Å². The number of carbonyl (C=O) groups excluding carboxylic acids is 1. The number of hydrogen-bond donors (Lipinski definition) is 0. The second kappa shape index (κ2) is 3.83. The number of nitrogens with zero attached hydrogens (tertiary/aromatic N) is 3. The maximum atomic E-state index is 10.7. The van der Waals surface area contributed by atoms with Crippen molar-refractivity contribution in [2.75, 3.05) is 13.1 Å². The van der Waals surface area contributed by atoms with E-state index in [0.717, 1.165) is 25.1 Å². The minimum absolute atomic E-state index is 0.394. The Morgan fingerprint density at radius 2 is 2.26 bits per heavy atom. The molecule has 98 valence electrons. The van der Waals surface area contributed by atoms with Crippen LogP contribution in [0.15, 0.2) is 30.7 Å². The molecule has 2 aliphatic rings. The number of likely N-dealkylation sites (tertiary alicyclic amines) is 1. The molecule has 2 fully saturated rings. The number of fused-ring (bicyclic) bond motifs is 1. The highest BCUT2D eigenvalue weighted by atomic mass is 16.1. The summed E-state index contributed by atoms with van der Waals surface area (Å²) in [6.07, 6.45) is 10.6. The lowest BCUT2D eigenvalue weighted by Crippen LogP contribution is -2.54. The molecule has 4 heteroatoms. The van der Waals surface area contributed by atoms with Gasteiger partial charge >= 0.3 is 0 Å². The molecular weight excluding hydrogens is 238 g/mol. The summed E-state index contributed by atoms with van der Waals surface area (Å²) in [4.78, 5) is 17.1. The maximum Gasteiger partial charge on any atom is 0.209 e. The zero-order chi connectivity index (χ0) is 12.9. The molecule has 4 rings (SSSR count). The van der Waals surface area contributed by atoms with Crippen LogP contribution in [-0.4, -0.2) is 33.8 Å². The van der Waals surface area contributed by atoms with Gasteiger partial charge in [-0.05, 0) is 36.8 Å². The molecule has 4 nitrogen and oxygen atoms in total. The Bertz CT molecular complexity index is 627. The van der Waals surface area contributed by atoms with Crippen molar-refractivity contribution in [3.05, 3.63) is 36.3 Å². The third kappa shape index (κ3) is 1.59. The second-order valence-electron chi connectivity index (χ2n) is 6.07. The van der Waals surface area contributed by atoms with E-state index in [0.29, 0.717) is 11.3 Å². The van der Waals surface area contributed by atoms with Gasteiger partial charge in [0.25, 0.3) is 0 Å². The Hall–Kier alpha value is -1.84. The van der Waals surface area contributed by atoms with Gasteiger partial charge < -0.3 is 9.30 Å². The molecular formula is C15H17N3O. The van der Waals surface area contributed by atoms with Crippen molar-refractivity contribution in [3.63, 3.8) is 0 Å². The van der Waals surface area contributed by atoms with E-state index in [-0.39, 0.29) is 0 Å². The number of aromatic nitrogens is 2. The van der Waals surface area contributed by atoms with Gasteiger partial charge in [-0.25, -0.2) is 4.98 Å². The van der Waals surface area contributed by atoms with Crippen LogP contribution >= 0.6 is 0 Å². The quantitative estimate of drug-likeness (QED) is 0.770. The third-order valence-electron chi connectivity index (χ3n) is 4.82. The summed E-state index contributed by atoms with van der Waals surface area (Å²) in [5.74, 6) is 0.597. The fraction of sp³-hybridized carbons (Fsp3) is 0.467. The highest BCUT2D eigenvalue weighted by Gasteiger charge is 2.48. The van der Waals surface area contributed by atoms with Crippen LogP contribution in [0.4, 0.5) is 0 Å². The molecule has 1 aliphatic carbocycles. The molecule has 1 amide bonds. The minimum atomic E-state index is 0.394. The number of rotatable bonds is 2. The first kappa shape index (κ1) is 11.0. The Labute approximate surface area is 112 Å². The van der Waals surface area contributed by atoms with Gasteiger partial charge in [-0.1, -0.05) is 6.07 Å². The van der Waals surface area contributed by atoms with Crippen molar-refractivity contribution in [1.29, 1.82) is 0 Å². The van der Waals surface area contributed by atoms with Gasteiger partial charge in [-0.15, -0.1) is 0 Å². The average Bonchev–Trinajstić information content (AvgIpc) is 3.03. The highest BCUT2D eigenvalue weighted by Crippen LogP contribution is 2.51. The summed E-state index contributed by atoms with van der Waals surface area (Å²) < 4.78 is 2.10. The molecule has 1 spiro atoms. The van der Waals surface area contributed by atoms with E-state index in [2.05, 4.69) is 21.5 Å². The van der Waals surface area contributed by atoms with Crippen LogP contribution in [-0.2, 0) is 4.79 Å². The third-order valence-corrected chi connectivity index (χ3v) is 4.82. The molecule has 1 unspecified atom stereocenters. The molecule has 0 bridgehead atoms. The summed E-state index contributed by atoms with van der Waals surface area (Å²) in [7, 11) is 0. The van der Waals surface area contributed by atoms with Gasteiger partial charge in [-0.2, -0.15) is 0 Å². The predicted octanol–water partition coefficient (Wildman–Crippen LogP) is 2.06. The lowest BCUT2D eigenvalue weighted by molar-refractivity contribution is -0.129. The highest BCUT2D eigenvalue weighted by molar-refractivity contribution is 5.52. The molecule has 1 saturated carbocycles. The van der Waals surface area contributed by atoms with E-state index in [4.69, 9.17) is 0 Å². The van der Waals surface area contributed by atoms with Crippen molar-refractivity contribution in [3.8, 4) is 0 Å². The van der Waals surface area contributed by atoms with Crippen molar-refractivity contribution < 1.29 is 4.79 Å². The second-order valence-corrected chi connectivity index (χ2v) is 6.07. The Kier molecular flexibility index (Phi) is 2.22. The number of pyridine rings is 1. The number of hydrogen-bond acceptors (Lipinski definition) is 2. The molecule has 19 heavy (non-hydrogen) atoms. The lowest BCUT2D eigenvalue weighted by atomic mass is 9.77. The first-order valence-corrected chi connectivity index (χ1v) is 6.91. The van der Waals surface area contributed by atoms with Crippen molar-refractivity contribution in [1.82, 2.24) is 14.3 Å². The number of carbonyl (C=O) groups is 1. The fourth-order valence-corrected chi connectivity index (χ4v) is 3.94. The van der Waals surface area contributed by atoms with Crippen LogP contribution in [0.1, 0.15) is 30.7 Å². The summed E-state index contributed by atoms with van der Waals surface area (Å²) in [5.41, 5.74) is 2.86. The molecule has 3 heterocycles. The number of amides is 1. The summed E-state index contributed by atoms with van der Waals surface area (Å²) in [6, 6.07) is 4.32. The SMILES string of the molecule is O=CN1CC2(CCC(c3cccn4ccnc34)C2)C1. The van der Waals surface area contributed by atoms with Gasteiger partial charge in [-0.3, -0.25) is 4.79 Å². The summed E-state index contributed by atoms with van der Waals surface area (Å²) in [6.45, 7) is 1.90. The molecule has 0 N–H and O–H groups in total. The fourth-order valence-electron chi connectivity index (χ4n) is 3.94. The Morgan fingerprint density at radius 1 is 1.37 bits per heavy atom. The monoisotopic (exact) mass is 255 g/mol. The van der Waals surface area contributed by atoms with E-state index < -0.39 is 0 Å². The van der Waals surface area contributed by atoms with Gasteiger partial charge in [0, 0.05) is 37.1 Å². The molecule has 0 radical (unpaired) electrons. The molecule has 2 aromatic heterocycles. The molecule has 2 aromatic rings. The van der Waals surface area contributed by atoms with E-state index in [1.807, 2.05) is 23.5 Å². The largest absolute Gasteiger partial charge is 0.344 e. The van der Waals surface area contributed by atoms with Crippen molar-refractivity contribution >= 4 is 12.1 Å². The lowest BCUT2D eigenvalue weighted by Gasteiger charge is -2.46. The standard InChI is InChI=1S/C15H17N3O/c19-11-17-9-15(10-17)4-3-12(8-15)13-2-1-6-18-7-5-16-14(13)18/h1-2,5-7,11-12H,3-4,8-10H2. The summed E-state index contributed by atoms with van der Waals surface area (Å²) in [5, 5.41) is 0. The van der Waals surface area contributed by atoms with Crippen LogP contribution in [0.5, 0.6) is 0 Å². The maximum absolute atomic E-state index is 10.7. The van der Waals surface area contributed by atoms with Crippen molar-refractivity contribution in [2.45, 2.75) is 25.2 Å². The summed E-state index contributed by atoms with van der Waals surface area (Å²) >= 11 is 0. The van der Waals surface area contributed by atoms with E-state index in [1.165, 1.54) is 24.8 Å². The molecule has 1 atom stereocenters. The zero-order valence-corrected chi connectivity index (χ0v) is 10.8. The van der Waals surface area contributed by atoms with Gasteiger partial charge in [0.15, 0.2) is 0 Å². The van der Waals surface area contributed by atoms with Crippen LogP contribution in [0.3, 0.4) is 0 Å². The zero-order valence-electron chi connectivity index (χ0n) is 10.8. The van der Waals surface area contributed by atoms with Gasteiger partial charge in [0.05, 0.1) is 0 Å². The molecule has 1 saturated heterocycles. The Balaban J connectivity index is 1.61. The molecule has 1 aliphatic heterocycles. The average molecular weight is 255 g/mol. The Morgan fingerprint density at radius 3 is 3.11 bits per heavy atom. The number of imidazole rings is 1. The van der Waals surface area contributed by atoms with Crippen LogP contribution in [0, 0.1) is 5.41 Å². The first-order valence-electron chi connectivity index (χ1n) is 6.91. The van der Waals surface area contributed by atoms with E-state index in [1.54, 1.807) is 0 Å². The molecule has 0 aromatic carbocycles. The van der Waals surface area contributed by atoms with Gasteiger partial charge in [0.2, 0.25) is 6.41 Å². The predicted molar refractivity (Wildman–Crippen MR) is 71.9 cm³/mol. The van der Waals surface area contributed by atoms with E-state index in [9.17, 15) is 4.79 Å². The smallest absolute Gasteiger partial charge is 0.209 e. The van der Waals surface area contributed by atoms with Crippen LogP contribution in [0.2, 0.25) is 0 Å². The topological polar surface area (TPSA) is 37.6 Å². The normalized spacial score (nSPS) is 24.8.